The van der Waals surface area contributed by atoms with E-state index in [0.29, 0.717) is 5.92 Å². The van der Waals surface area contributed by atoms with Crippen molar-refractivity contribution in [2.24, 2.45) is 11.8 Å². The maximum Gasteiger partial charge on any atom is 0.0493 e. The second-order valence-corrected chi connectivity index (χ2v) is 2.86. The van der Waals surface area contributed by atoms with Gasteiger partial charge in [-0.05, 0) is 18.3 Å². The van der Waals surface area contributed by atoms with E-state index in [1.54, 1.807) is 0 Å². The van der Waals surface area contributed by atoms with E-state index in [0.717, 1.165) is 12.3 Å². The summed E-state index contributed by atoms with van der Waals surface area (Å²) < 4.78 is 0. The fraction of sp³-hybridized carbons (Fsp3) is 0.750. The molecule has 52 valence electrons. The molecule has 0 heterocycles. The SMILES string of the molecule is C=CC(CO)CC1CC1. The van der Waals surface area contributed by atoms with Crippen molar-refractivity contribution < 1.29 is 5.11 Å². The van der Waals surface area contributed by atoms with Gasteiger partial charge in [-0.3, -0.25) is 0 Å². The Morgan fingerprint density at radius 1 is 1.67 bits per heavy atom. The fourth-order valence-electron chi connectivity index (χ4n) is 1.03. The molecule has 1 atom stereocenters. The first kappa shape index (κ1) is 6.81. The van der Waals surface area contributed by atoms with Gasteiger partial charge in [-0.15, -0.1) is 6.58 Å². The van der Waals surface area contributed by atoms with E-state index in [1.807, 2.05) is 6.08 Å². The van der Waals surface area contributed by atoms with Crippen molar-refractivity contribution in [1.29, 1.82) is 0 Å². The zero-order valence-corrected chi connectivity index (χ0v) is 5.71. The van der Waals surface area contributed by atoms with Crippen LogP contribution in [0.4, 0.5) is 0 Å². The Labute approximate surface area is 56.4 Å². The molecule has 0 aromatic carbocycles. The molecule has 0 aromatic heterocycles. The van der Waals surface area contributed by atoms with Crippen LogP contribution in [0.15, 0.2) is 12.7 Å². The van der Waals surface area contributed by atoms with E-state index in [4.69, 9.17) is 5.11 Å². The molecule has 0 amide bonds. The summed E-state index contributed by atoms with van der Waals surface area (Å²) in [4.78, 5) is 0. The zero-order chi connectivity index (χ0) is 6.69. The van der Waals surface area contributed by atoms with E-state index in [1.165, 1.54) is 12.8 Å². The third kappa shape index (κ3) is 2.19. The van der Waals surface area contributed by atoms with Gasteiger partial charge in [-0.25, -0.2) is 0 Å². The monoisotopic (exact) mass is 126 g/mol. The minimum Gasteiger partial charge on any atom is -0.396 e. The lowest BCUT2D eigenvalue weighted by Gasteiger charge is -2.05. The standard InChI is InChI=1S/C8H14O/c1-2-7(6-9)5-8-3-4-8/h2,7-9H,1,3-6H2. The van der Waals surface area contributed by atoms with Crippen molar-refractivity contribution >= 4 is 0 Å². The molecule has 0 aromatic rings. The summed E-state index contributed by atoms with van der Waals surface area (Å²) in [7, 11) is 0. The van der Waals surface area contributed by atoms with Crippen molar-refractivity contribution in [3.63, 3.8) is 0 Å². The molecule has 1 aliphatic carbocycles. The Hall–Kier alpha value is -0.300. The van der Waals surface area contributed by atoms with Crippen molar-refractivity contribution in [3.05, 3.63) is 12.7 Å². The van der Waals surface area contributed by atoms with Crippen LogP contribution in [-0.4, -0.2) is 11.7 Å². The van der Waals surface area contributed by atoms with Crippen LogP contribution in [0.3, 0.4) is 0 Å². The topological polar surface area (TPSA) is 20.2 Å². The van der Waals surface area contributed by atoms with Gasteiger partial charge in [-0.2, -0.15) is 0 Å². The van der Waals surface area contributed by atoms with Gasteiger partial charge in [0.15, 0.2) is 0 Å². The van der Waals surface area contributed by atoms with Gasteiger partial charge in [0, 0.05) is 6.61 Å². The van der Waals surface area contributed by atoms with E-state index in [-0.39, 0.29) is 6.61 Å². The maximum absolute atomic E-state index is 8.73. The van der Waals surface area contributed by atoms with Crippen LogP contribution in [-0.2, 0) is 0 Å². The number of aliphatic hydroxyl groups is 1. The van der Waals surface area contributed by atoms with Gasteiger partial charge in [0.2, 0.25) is 0 Å². The Morgan fingerprint density at radius 2 is 2.33 bits per heavy atom. The summed E-state index contributed by atoms with van der Waals surface area (Å²) in [6, 6.07) is 0. The summed E-state index contributed by atoms with van der Waals surface area (Å²) in [6.07, 6.45) is 5.74. The van der Waals surface area contributed by atoms with Crippen molar-refractivity contribution in [2.45, 2.75) is 19.3 Å². The molecule has 1 fully saturated rings. The highest BCUT2D eigenvalue weighted by molar-refractivity contribution is 4.84. The highest BCUT2D eigenvalue weighted by Gasteiger charge is 2.23. The van der Waals surface area contributed by atoms with Crippen LogP contribution >= 0.6 is 0 Å². The molecule has 1 aliphatic rings. The van der Waals surface area contributed by atoms with Gasteiger partial charge >= 0.3 is 0 Å². The molecule has 1 N–H and O–H groups in total. The molecular weight excluding hydrogens is 112 g/mol. The smallest absolute Gasteiger partial charge is 0.0493 e. The molecule has 0 saturated heterocycles. The van der Waals surface area contributed by atoms with Crippen LogP contribution in [0.2, 0.25) is 0 Å². The van der Waals surface area contributed by atoms with Crippen molar-refractivity contribution in [2.75, 3.05) is 6.61 Å². The van der Waals surface area contributed by atoms with Crippen LogP contribution < -0.4 is 0 Å². The average molecular weight is 126 g/mol. The Bertz CT molecular complexity index is 94.7. The Kier molecular flexibility index (Phi) is 2.29. The number of aliphatic hydroxyl groups excluding tert-OH is 1. The van der Waals surface area contributed by atoms with E-state index in [2.05, 4.69) is 6.58 Å². The third-order valence-corrected chi connectivity index (χ3v) is 1.90. The summed E-state index contributed by atoms with van der Waals surface area (Å²) in [5, 5.41) is 8.73. The highest BCUT2D eigenvalue weighted by Crippen LogP contribution is 2.35. The molecule has 9 heavy (non-hydrogen) atoms. The van der Waals surface area contributed by atoms with Gasteiger partial charge in [0.1, 0.15) is 0 Å². The third-order valence-electron chi connectivity index (χ3n) is 1.90. The second-order valence-electron chi connectivity index (χ2n) is 2.86. The first-order valence-corrected chi connectivity index (χ1v) is 3.60. The van der Waals surface area contributed by atoms with Crippen molar-refractivity contribution in [1.82, 2.24) is 0 Å². The predicted octanol–water partition coefficient (Wildman–Crippen LogP) is 1.58. The minimum absolute atomic E-state index is 0.278. The molecule has 0 aliphatic heterocycles. The van der Waals surface area contributed by atoms with E-state index < -0.39 is 0 Å². The Morgan fingerprint density at radius 3 is 2.67 bits per heavy atom. The molecule has 1 rings (SSSR count). The molecule has 0 bridgehead atoms. The first-order chi connectivity index (χ1) is 4.36. The number of rotatable bonds is 4. The van der Waals surface area contributed by atoms with Gasteiger partial charge < -0.3 is 5.11 Å². The van der Waals surface area contributed by atoms with Crippen LogP contribution in [0, 0.1) is 11.8 Å². The first-order valence-electron chi connectivity index (χ1n) is 3.60. The lowest BCUT2D eigenvalue weighted by molar-refractivity contribution is 0.242. The second kappa shape index (κ2) is 3.02. The summed E-state index contributed by atoms with van der Waals surface area (Å²) in [5.74, 6) is 1.26. The number of hydrogen-bond acceptors (Lipinski definition) is 1. The molecule has 1 unspecified atom stereocenters. The summed E-state index contributed by atoms with van der Waals surface area (Å²) in [5.41, 5.74) is 0. The fourth-order valence-corrected chi connectivity index (χ4v) is 1.03. The molecule has 1 nitrogen and oxygen atoms in total. The molecule has 0 radical (unpaired) electrons. The molecule has 0 spiro atoms. The van der Waals surface area contributed by atoms with Gasteiger partial charge in [-0.1, -0.05) is 18.9 Å². The van der Waals surface area contributed by atoms with E-state index >= 15 is 0 Å². The molecule has 1 saturated carbocycles. The molecular formula is C8H14O. The largest absolute Gasteiger partial charge is 0.396 e. The van der Waals surface area contributed by atoms with Crippen LogP contribution in [0.1, 0.15) is 19.3 Å². The highest BCUT2D eigenvalue weighted by atomic mass is 16.3. The van der Waals surface area contributed by atoms with Crippen molar-refractivity contribution in [3.8, 4) is 0 Å². The quantitative estimate of drug-likeness (QED) is 0.567. The van der Waals surface area contributed by atoms with Gasteiger partial charge in [0.25, 0.3) is 0 Å². The van der Waals surface area contributed by atoms with E-state index in [9.17, 15) is 0 Å². The average Bonchev–Trinajstić information content (AvgIpc) is 2.66. The van der Waals surface area contributed by atoms with Crippen LogP contribution in [0.5, 0.6) is 0 Å². The zero-order valence-electron chi connectivity index (χ0n) is 5.71. The van der Waals surface area contributed by atoms with Gasteiger partial charge in [0.05, 0.1) is 0 Å². The summed E-state index contributed by atoms with van der Waals surface area (Å²) >= 11 is 0. The Balaban J connectivity index is 2.12. The molecule has 1 heteroatoms. The lowest BCUT2D eigenvalue weighted by atomic mass is 10.0. The summed E-state index contributed by atoms with van der Waals surface area (Å²) in [6.45, 7) is 3.93. The minimum atomic E-state index is 0.278. The number of hydrogen-bond donors (Lipinski definition) is 1. The lowest BCUT2D eigenvalue weighted by Crippen LogP contribution is -2.02. The maximum atomic E-state index is 8.73. The van der Waals surface area contributed by atoms with Crippen LogP contribution in [0.25, 0.3) is 0 Å². The predicted molar refractivity (Wildman–Crippen MR) is 38.1 cm³/mol. The normalized spacial score (nSPS) is 21.4.